The number of sulfonamides is 1. The van der Waals surface area contributed by atoms with Gasteiger partial charge in [0, 0.05) is 19.3 Å². The van der Waals surface area contributed by atoms with Crippen molar-refractivity contribution >= 4 is 15.7 Å². The number of nitrogens with zero attached hydrogens (tertiary/aromatic N) is 3. The lowest BCUT2D eigenvalue weighted by Gasteiger charge is -2.21. The summed E-state index contributed by atoms with van der Waals surface area (Å²) >= 11 is 0. The molecule has 2 rings (SSSR count). The van der Waals surface area contributed by atoms with Gasteiger partial charge < -0.3 is 5.73 Å². The van der Waals surface area contributed by atoms with E-state index >= 15 is 0 Å². The predicted molar refractivity (Wildman–Crippen MR) is 82.5 cm³/mol. The monoisotopic (exact) mass is 308 g/mol. The van der Waals surface area contributed by atoms with Crippen LogP contribution in [0.2, 0.25) is 0 Å². The second-order valence-corrected chi connectivity index (χ2v) is 6.45. The largest absolute Gasteiger partial charge is 0.330 e. The summed E-state index contributed by atoms with van der Waals surface area (Å²) in [5.74, 6) is 0. The van der Waals surface area contributed by atoms with Crippen molar-refractivity contribution in [1.82, 2.24) is 9.78 Å². The summed E-state index contributed by atoms with van der Waals surface area (Å²) in [6, 6.07) is 9.05. The van der Waals surface area contributed by atoms with Gasteiger partial charge in [-0.2, -0.15) is 5.10 Å². The van der Waals surface area contributed by atoms with E-state index < -0.39 is 10.0 Å². The smallest absolute Gasteiger partial charge is 0.267 e. The van der Waals surface area contributed by atoms with Crippen molar-refractivity contribution in [1.29, 1.82) is 0 Å². The molecule has 21 heavy (non-hydrogen) atoms. The van der Waals surface area contributed by atoms with Gasteiger partial charge in [-0.1, -0.05) is 18.2 Å². The molecule has 0 unspecified atom stereocenters. The molecule has 2 aromatic rings. The van der Waals surface area contributed by atoms with E-state index in [1.807, 2.05) is 25.1 Å². The number of aromatic nitrogens is 2. The molecule has 114 valence electrons. The van der Waals surface area contributed by atoms with Gasteiger partial charge in [0.15, 0.2) is 0 Å². The van der Waals surface area contributed by atoms with E-state index in [0.29, 0.717) is 25.3 Å². The van der Waals surface area contributed by atoms with Crippen LogP contribution in [-0.2, 0) is 16.6 Å². The SMILES string of the molecule is CCN(c1ccccc1)S(=O)(=O)c1cnn(CCCN)c1. The lowest BCUT2D eigenvalue weighted by atomic mass is 10.3. The number of nitrogens with two attached hydrogens (primary N) is 1. The third-order valence-corrected chi connectivity index (χ3v) is 4.98. The van der Waals surface area contributed by atoms with Crippen LogP contribution in [0.4, 0.5) is 5.69 Å². The van der Waals surface area contributed by atoms with Crippen molar-refractivity contribution in [2.45, 2.75) is 24.8 Å². The molecule has 0 aliphatic carbocycles. The molecule has 1 heterocycles. The highest BCUT2D eigenvalue weighted by Gasteiger charge is 2.24. The molecule has 0 saturated heterocycles. The number of benzene rings is 1. The second kappa shape index (κ2) is 6.73. The lowest BCUT2D eigenvalue weighted by molar-refractivity contribution is 0.580. The summed E-state index contributed by atoms with van der Waals surface area (Å²) in [7, 11) is -3.59. The zero-order chi connectivity index (χ0) is 15.3. The van der Waals surface area contributed by atoms with Crippen molar-refractivity contribution in [3.05, 3.63) is 42.7 Å². The molecule has 7 heteroatoms. The van der Waals surface area contributed by atoms with Crippen LogP contribution in [0.5, 0.6) is 0 Å². The van der Waals surface area contributed by atoms with Gasteiger partial charge in [-0.05, 0) is 32.0 Å². The molecule has 1 aromatic carbocycles. The Hall–Kier alpha value is -1.86. The molecule has 6 nitrogen and oxygen atoms in total. The molecule has 0 saturated carbocycles. The Labute approximate surface area is 125 Å². The molecule has 1 aromatic heterocycles. The van der Waals surface area contributed by atoms with E-state index in [2.05, 4.69) is 5.10 Å². The second-order valence-electron chi connectivity index (χ2n) is 4.59. The standard InChI is InChI=1S/C14H20N4O2S/c1-2-18(13-7-4-3-5-8-13)21(19,20)14-11-16-17(12-14)10-6-9-15/h3-5,7-8,11-12H,2,6,9-10,15H2,1H3. The van der Waals surface area contributed by atoms with Crippen LogP contribution in [0.3, 0.4) is 0 Å². The van der Waals surface area contributed by atoms with Gasteiger partial charge in [0.2, 0.25) is 0 Å². The summed E-state index contributed by atoms with van der Waals surface area (Å²) in [5.41, 5.74) is 6.10. The van der Waals surface area contributed by atoms with E-state index in [4.69, 9.17) is 5.73 Å². The van der Waals surface area contributed by atoms with Gasteiger partial charge in [0.1, 0.15) is 4.90 Å². The minimum absolute atomic E-state index is 0.199. The van der Waals surface area contributed by atoms with Crippen LogP contribution in [0.15, 0.2) is 47.6 Å². The van der Waals surface area contributed by atoms with Gasteiger partial charge in [-0.15, -0.1) is 0 Å². The van der Waals surface area contributed by atoms with Crippen LogP contribution in [0.25, 0.3) is 0 Å². The highest BCUT2D eigenvalue weighted by Crippen LogP contribution is 2.22. The molecular formula is C14H20N4O2S. The maximum atomic E-state index is 12.7. The van der Waals surface area contributed by atoms with Crippen LogP contribution in [-0.4, -0.2) is 31.3 Å². The fourth-order valence-corrected chi connectivity index (χ4v) is 3.50. The summed E-state index contributed by atoms with van der Waals surface area (Å²) in [5, 5.41) is 4.09. The number of para-hydroxylation sites is 1. The third kappa shape index (κ3) is 3.43. The van der Waals surface area contributed by atoms with E-state index in [-0.39, 0.29) is 4.90 Å². The Morgan fingerprint density at radius 1 is 1.29 bits per heavy atom. The Morgan fingerprint density at radius 2 is 2.00 bits per heavy atom. The normalized spacial score (nSPS) is 11.5. The number of rotatable bonds is 7. The number of anilines is 1. The van der Waals surface area contributed by atoms with E-state index in [1.165, 1.54) is 10.5 Å². The molecular weight excluding hydrogens is 288 g/mol. The first-order valence-electron chi connectivity index (χ1n) is 6.90. The molecule has 0 fully saturated rings. The molecule has 0 amide bonds. The maximum absolute atomic E-state index is 12.7. The lowest BCUT2D eigenvalue weighted by Crippen LogP contribution is -2.30. The Bertz CT molecular complexity index is 667. The van der Waals surface area contributed by atoms with E-state index in [1.54, 1.807) is 23.0 Å². The Balaban J connectivity index is 2.29. The van der Waals surface area contributed by atoms with Crippen LogP contribution >= 0.6 is 0 Å². The van der Waals surface area contributed by atoms with Gasteiger partial charge in [-0.3, -0.25) is 8.99 Å². The predicted octanol–water partition coefficient (Wildman–Crippen LogP) is 1.45. The zero-order valence-corrected chi connectivity index (χ0v) is 12.8. The summed E-state index contributed by atoms with van der Waals surface area (Å²) in [4.78, 5) is 0.199. The van der Waals surface area contributed by atoms with Gasteiger partial charge >= 0.3 is 0 Å². The Morgan fingerprint density at radius 3 is 2.62 bits per heavy atom. The minimum Gasteiger partial charge on any atom is -0.330 e. The van der Waals surface area contributed by atoms with Gasteiger partial charge in [0.05, 0.1) is 11.9 Å². The molecule has 0 bridgehead atoms. The van der Waals surface area contributed by atoms with Crippen molar-refractivity contribution in [3.63, 3.8) is 0 Å². The molecule has 2 N–H and O–H groups in total. The highest BCUT2D eigenvalue weighted by molar-refractivity contribution is 7.92. The summed E-state index contributed by atoms with van der Waals surface area (Å²) in [6.45, 7) is 3.33. The summed E-state index contributed by atoms with van der Waals surface area (Å²) < 4.78 is 28.4. The molecule has 0 aliphatic heterocycles. The fraction of sp³-hybridized carbons (Fsp3) is 0.357. The quantitative estimate of drug-likeness (QED) is 0.839. The third-order valence-electron chi connectivity index (χ3n) is 3.12. The number of hydrogen-bond donors (Lipinski definition) is 1. The molecule has 0 spiro atoms. The fourth-order valence-electron chi connectivity index (χ4n) is 2.07. The molecule has 0 atom stereocenters. The number of aryl methyl sites for hydroxylation is 1. The molecule has 0 radical (unpaired) electrons. The average molecular weight is 308 g/mol. The number of hydrogen-bond acceptors (Lipinski definition) is 4. The van der Waals surface area contributed by atoms with Gasteiger partial charge in [0.25, 0.3) is 10.0 Å². The minimum atomic E-state index is -3.59. The van der Waals surface area contributed by atoms with E-state index in [9.17, 15) is 8.42 Å². The van der Waals surface area contributed by atoms with Crippen LogP contribution in [0.1, 0.15) is 13.3 Å². The van der Waals surface area contributed by atoms with Crippen molar-refractivity contribution in [2.24, 2.45) is 5.73 Å². The van der Waals surface area contributed by atoms with Crippen LogP contribution < -0.4 is 10.0 Å². The van der Waals surface area contributed by atoms with Crippen molar-refractivity contribution < 1.29 is 8.42 Å². The highest BCUT2D eigenvalue weighted by atomic mass is 32.2. The molecule has 0 aliphatic rings. The van der Waals surface area contributed by atoms with Crippen molar-refractivity contribution in [2.75, 3.05) is 17.4 Å². The Kier molecular flexibility index (Phi) is 4.98. The van der Waals surface area contributed by atoms with E-state index in [0.717, 1.165) is 6.42 Å². The van der Waals surface area contributed by atoms with Crippen LogP contribution in [0, 0.1) is 0 Å². The average Bonchev–Trinajstić information content (AvgIpc) is 2.96. The maximum Gasteiger partial charge on any atom is 0.267 e. The van der Waals surface area contributed by atoms with Gasteiger partial charge in [-0.25, -0.2) is 8.42 Å². The first-order chi connectivity index (χ1) is 10.1. The summed E-state index contributed by atoms with van der Waals surface area (Å²) in [6.07, 6.45) is 3.70. The van der Waals surface area contributed by atoms with Crippen molar-refractivity contribution in [3.8, 4) is 0 Å². The topological polar surface area (TPSA) is 81.2 Å². The first kappa shape index (κ1) is 15.5. The first-order valence-corrected chi connectivity index (χ1v) is 8.34. The zero-order valence-electron chi connectivity index (χ0n) is 12.0.